The van der Waals surface area contributed by atoms with Crippen molar-refractivity contribution in [1.29, 1.82) is 0 Å². The van der Waals surface area contributed by atoms with Gasteiger partial charge < -0.3 is 19.5 Å². The zero-order valence-corrected chi connectivity index (χ0v) is 16.3. The standard InChI is InChI=1S/C23H24N2O4/c1-27-20-8-10-21(11-9-20)28-14-12-23(26)25-16-18-5-4-7-22(15-18)29-17-19-6-2-3-13-24-19/h2-11,13,15H,12,14,16-17H2,1H3,(H,25,26). The second-order valence-electron chi connectivity index (χ2n) is 6.31. The Balaban J connectivity index is 1.39. The van der Waals surface area contributed by atoms with Gasteiger partial charge in [-0.1, -0.05) is 18.2 Å². The van der Waals surface area contributed by atoms with Crippen LogP contribution in [0.15, 0.2) is 72.9 Å². The SMILES string of the molecule is COc1ccc(OCCC(=O)NCc2cccc(OCc3ccccn3)c2)cc1. The minimum absolute atomic E-state index is 0.0710. The first-order chi connectivity index (χ1) is 14.2. The van der Waals surface area contributed by atoms with Gasteiger partial charge in [0.1, 0.15) is 23.9 Å². The molecule has 0 aliphatic carbocycles. The number of benzene rings is 2. The maximum Gasteiger partial charge on any atom is 0.223 e. The molecule has 0 fully saturated rings. The van der Waals surface area contributed by atoms with Gasteiger partial charge >= 0.3 is 0 Å². The lowest BCUT2D eigenvalue weighted by molar-refractivity contribution is -0.121. The number of carbonyl (C=O) groups excluding carboxylic acids is 1. The summed E-state index contributed by atoms with van der Waals surface area (Å²) in [7, 11) is 1.61. The number of ether oxygens (including phenoxy) is 3. The van der Waals surface area contributed by atoms with Gasteiger partial charge in [0, 0.05) is 12.7 Å². The van der Waals surface area contributed by atoms with Crippen LogP contribution >= 0.6 is 0 Å². The predicted octanol–water partition coefficient (Wildman–Crippen LogP) is 3.75. The molecule has 0 bridgehead atoms. The molecule has 6 heteroatoms. The highest BCUT2D eigenvalue weighted by Crippen LogP contribution is 2.17. The molecule has 0 saturated carbocycles. The Morgan fingerprint density at radius 3 is 2.52 bits per heavy atom. The maximum atomic E-state index is 12.1. The molecule has 0 unspecified atom stereocenters. The fourth-order valence-corrected chi connectivity index (χ4v) is 2.61. The fraction of sp³-hybridized carbons (Fsp3) is 0.217. The molecule has 29 heavy (non-hydrogen) atoms. The van der Waals surface area contributed by atoms with Crippen LogP contribution in [-0.4, -0.2) is 24.6 Å². The van der Waals surface area contributed by atoms with E-state index in [0.29, 0.717) is 25.5 Å². The van der Waals surface area contributed by atoms with Crippen LogP contribution in [0.3, 0.4) is 0 Å². The number of nitrogens with zero attached hydrogens (tertiary/aromatic N) is 1. The third kappa shape index (κ3) is 6.84. The molecule has 3 rings (SSSR count). The van der Waals surface area contributed by atoms with E-state index in [-0.39, 0.29) is 12.3 Å². The summed E-state index contributed by atoms with van der Waals surface area (Å²) in [4.78, 5) is 16.3. The Kier molecular flexibility index (Phi) is 7.46. The molecule has 0 aliphatic heterocycles. The molecular weight excluding hydrogens is 368 g/mol. The van der Waals surface area contributed by atoms with Crippen LogP contribution in [0.1, 0.15) is 17.7 Å². The Hall–Kier alpha value is -3.54. The van der Waals surface area contributed by atoms with Gasteiger partial charge in [-0.3, -0.25) is 9.78 Å². The van der Waals surface area contributed by atoms with Gasteiger partial charge in [-0.2, -0.15) is 0 Å². The van der Waals surface area contributed by atoms with Crippen LogP contribution in [-0.2, 0) is 17.9 Å². The zero-order chi connectivity index (χ0) is 20.3. The van der Waals surface area contributed by atoms with Crippen LogP contribution in [0.4, 0.5) is 0 Å². The Labute approximate surface area is 170 Å². The van der Waals surface area contributed by atoms with E-state index in [4.69, 9.17) is 14.2 Å². The molecule has 1 amide bonds. The van der Waals surface area contributed by atoms with Crippen molar-refractivity contribution >= 4 is 5.91 Å². The fourth-order valence-electron chi connectivity index (χ4n) is 2.61. The first kappa shape index (κ1) is 20.2. The highest BCUT2D eigenvalue weighted by molar-refractivity contribution is 5.76. The molecule has 1 N–H and O–H groups in total. The van der Waals surface area contributed by atoms with E-state index in [9.17, 15) is 4.79 Å². The van der Waals surface area contributed by atoms with E-state index in [1.165, 1.54) is 0 Å². The number of hydrogen-bond acceptors (Lipinski definition) is 5. The molecule has 150 valence electrons. The van der Waals surface area contributed by atoms with E-state index in [2.05, 4.69) is 10.3 Å². The number of pyridine rings is 1. The third-order valence-electron chi connectivity index (χ3n) is 4.16. The summed E-state index contributed by atoms with van der Waals surface area (Å²) in [6.07, 6.45) is 2.02. The lowest BCUT2D eigenvalue weighted by Gasteiger charge is -2.10. The van der Waals surface area contributed by atoms with Crippen LogP contribution in [0.5, 0.6) is 17.2 Å². The van der Waals surface area contributed by atoms with Gasteiger partial charge in [0.05, 0.1) is 25.8 Å². The van der Waals surface area contributed by atoms with E-state index in [0.717, 1.165) is 22.8 Å². The van der Waals surface area contributed by atoms with Gasteiger partial charge in [0.15, 0.2) is 0 Å². The molecule has 0 spiro atoms. The number of hydrogen-bond donors (Lipinski definition) is 1. The van der Waals surface area contributed by atoms with Crippen molar-refractivity contribution in [3.05, 3.63) is 84.2 Å². The summed E-state index contributed by atoms with van der Waals surface area (Å²) < 4.78 is 16.4. The van der Waals surface area contributed by atoms with Gasteiger partial charge in [-0.25, -0.2) is 0 Å². The van der Waals surface area contributed by atoms with Crippen molar-refractivity contribution in [3.8, 4) is 17.2 Å². The minimum atomic E-state index is -0.0710. The molecule has 0 saturated heterocycles. The molecular formula is C23H24N2O4. The molecule has 2 aromatic carbocycles. The largest absolute Gasteiger partial charge is 0.497 e. The molecule has 6 nitrogen and oxygen atoms in total. The minimum Gasteiger partial charge on any atom is -0.497 e. The van der Waals surface area contributed by atoms with Crippen molar-refractivity contribution in [2.45, 2.75) is 19.6 Å². The van der Waals surface area contributed by atoms with E-state index in [1.54, 1.807) is 13.3 Å². The number of rotatable bonds is 10. The summed E-state index contributed by atoms with van der Waals surface area (Å²) in [5.74, 6) is 2.14. The van der Waals surface area contributed by atoms with E-state index < -0.39 is 0 Å². The maximum absolute atomic E-state index is 12.1. The Morgan fingerprint density at radius 1 is 0.931 bits per heavy atom. The van der Waals surface area contributed by atoms with Crippen LogP contribution in [0, 0.1) is 0 Å². The average Bonchev–Trinajstić information content (AvgIpc) is 2.78. The van der Waals surface area contributed by atoms with E-state index in [1.807, 2.05) is 66.7 Å². The second kappa shape index (κ2) is 10.7. The smallest absolute Gasteiger partial charge is 0.223 e. The Morgan fingerprint density at radius 2 is 1.76 bits per heavy atom. The number of methoxy groups -OCH3 is 1. The van der Waals surface area contributed by atoms with Crippen LogP contribution in [0.25, 0.3) is 0 Å². The highest BCUT2D eigenvalue weighted by Gasteiger charge is 2.04. The molecule has 3 aromatic rings. The summed E-state index contributed by atoms with van der Waals surface area (Å²) >= 11 is 0. The van der Waals surface area contributed by atoms with Gasteiger partial charge in [-0.15, -0.1) is 0 Å². The van der Waals surface area contributed by atoms with Crippen LogP contribution in [0.2, 0.25) is 0 Å². The van der Waals surface area contributed by atoms with Crippen LogP contribution < -0.4 is 19.5 Å². The van der Waals surface area contributed by atoms with Crippen molar-refractivity contribution in [3.63, 3.8) is 0 Å². The lowest BCUT2D eigenvalue weighted by atomic mass is 10.2. The Bertz CT molecular complexity index is 898. The normalized spacial score (nSPS) is 10.2. The van der Waals surface area contributed by atoms with Gasteiger partial charge in [-0.05, 0) is 54.1 Å². The summed E-state index contributed by atoms with van der Waals surface area (Å²) in [5.41, 5.74) is 1.83. The number of nitrogens with one attached hydrogen (secondary N) is 1. The van der Waals surface area contributed by atoms with Crippen molar-refractivity contribution in [2.75, 3.05) is 13.7 Å². The molecule has 0 aliphatic rings. The molecule has 1 heterocycles. The second-order valence-corrected chi connectivity index (χ2v) is 6.31. The number of carbonyl (C=O) groups is 1. The molecule has 0 atom stereocenters. The monoisotopic (exact) mass is 392 g/mol. The van der Waals surface area contributed by atoms with Crippen molar-refractivity contribution in [1.82, 2.24) is 10.3 Å². The predicted molar refractivity (Wildman–Crippen MR) is 110 cm³/mol. The van der Waals surface area contributed by atoms with E-state index >= 15 is 0 Å². The quantitative estimate of drug-likeness (QED) is 0.569. The zero-order valence-electron chi connectivity index (χ0n) is 16.3. The molecule has 0 radical (unpaired) electrons. The topological polar surface area (TPSA) is 69.7 Å². The lowest BCUT2D eigenvalue weighted by Crippen LogP contribution is -2.24. The van der Waals surface area contributed by atoms with Crippen molar-refractivity contribution < 1.29 is 19.0 Å². The summed E-state index contributed by atoms with van der Waals surface area (Å²) in [5, 5.41) is 2.90. The first-order valence-corrected chi connectivity index (χ1v) is 9.38. The van der Waals surface area contributed by atoms with Crippen molar-refractivity contribution in [2.24, 2.45) is 0 Å². The number of amides is 1. The highest BCUT2D eigenvalue weighted by atomic mass is 16.5. The summed E-state index contributed by atoms with van der Waals surface area (Å²) in [6.45, 7) is 1.15. The number of aromatic nitrogens is 1. The average molecular weight is 392 g/mol. The third-order valence-corrected chi connectivity index (χ3v) is 4.16. The van der Waals surface area contributed by atoms with Gasteiger partial charge in [0.2, 0.25) is 5.91 Å². The molecule has 1 aromatic heterocycles. The first-order valence-electron chi connectivity index (χ1n) is 9.38. The van der Waals surface area contributed by atoms with Gasteiger partial charge in [0.25, 0.3) is 0 Å². The summed E-state index contributed by atoms with van der Waals surface area (Å²) in [6, 6.07) is 20.6.